The quantitative estimate of drug-likeness (QED) is 0.563. The third-order valence-electron chi connectivity index (χ3n) is 1.17. The molecule has 0 bridgehead atoms. The molecule has 4 heteroatoms. The molecule has 0 spiro atoms. The summed E-state index contributed by atoms with van der Waals surface area (Å²) in [7, 11) is 0. The molecule has 0 saturated carbocycles. The highest BCUT2D eigenvalue weighted by molar-refractivity contribution is 5.76. The Balaban J connectivity index is 4.42. The molecule has 0 saturated heterocycles. The van der Waals surface area contributed by atoms with Gasteiger partial charge in [-0.1, -0.05) is 20.8 Å². The topological polar surface area (TPSA) is 65.5 Å². The summed E-state index contributed by atoms with van der Waals surface area (Å²) in [4.78, 5) is 13.1. The normalized spacial score (nSPS) is 13.8. The second kappa shape index (κ2) is 2.65. The van der Waals surface area contributed by atoms with Crippen LogP contribution in [0.1, 0.15) is 20.8 Å². The van der Waals surface area contributed by atoms with Gasteiger partial charge in [-0.25, -0.2) is 4.79 Å². The zero-order valence-electron chi connectivity index (χ0n) is 6.33. The van der Waals surface area contributed by atoms with Crippen molar-refractivity contribution >= 4 is 5.97 Å². The standard InChI is InChI=1S/C6H10N2O2/c1-6(2,3)4(8-7)5(9)10/h4H,1-3H3/p+1. The molecule has 0 aliphatic heterocycles. The van der Waals surface area contributed by atoms with Crippen molar-refractivity contribution in [2.75, 3.05) is 0 Å². The predicted molar refractivity (Wildman–Crippen MR) is 36.0 cm³/mol. The van der Waals surface area contributed by atoms with Crippen molar-refractivity contribution in [3.8, 4) is 0 Å². The summed E-state index contributed by atoms with van der Waals surface area (Å²) < 4.78 is 0. The first kappa shape index (κ1) is 8.89. The molecule has 1 atom stereocenters. The van der Waals surface area contributed by atoms with Gasteiger partial charge in [0.25, 0.3) is 0 Å². The average molecular weight is 143 g/mol. The third-order valence-corrected chi connectivity index (χ3v) is 1.17. The van der Waals surface area contributed by atoms with E-state index in [1.165, 1.54) is 0 Å². The highest BCUT2D eigenvalue weighted by atomic mass is 16.4. The summed E-state index contributed by atoms with van der Waals surface area (Å²) in [5.74, 6) is -1.10. The number of carbonyl (C=O) groups is 1. The number of hydrogen-bond acceptors (Lipinski definition) is 2. The molecule has 0 aromatic carbocycles. The minimum atomic E-state index is -1.10. The average Bonchev–Trinajstić information content (AvgIpc) is 1.60. The van der Waals surface area contributed by atoms with Crippen LogP contribution in [0.5, 0.6) is 0 Å². The highest BCUT2D eigenvalue weighted by Gasteiger charge is 2.42. The van der Waals surface area contributed by atoms with Gasteiger partial charge in [-0.05, 0) is 0 Å². The fourth-order valence-corrected chi connectivity index (χ4v) is 0.593. The van der Waals surface area contributed by atoms with Gasteiger partial charge in [-0.2, -0.15) is 0 Å². The number of diazo groups is 1. The monoisotopic (exact) mass is 143 g/mol. The first-order chi connectivity index (χ1) is 4.39. The Morgan fingerprint density at radius 2 is 2.00 bits per heavy atom. The number of aliphatic carboxylic acids is 1. The Morgan fingerprint density at radius 3 is 2.00 bits per heavy atom. The fourth-order valence-electron chi connectivity index (χ4n) is 0.593. The molecule has 4 nitrogen and oxygen atoms in total. The lowest BCUT2D eigenvalue weighted by molar-refractivity contribution is -0.139. The second-order valence-electron chi connectivity index (χ2n) is 3.22. The minimum Gasteiger partial charge on any atom is -0.475 e. The lowest BCUT2D eigenvalue weighted by Crippen LogP contribution is -2.30. The van der Waals surface area contributed by atoms with Crippen molar-refractivity contribution in [1.29, 1.82) is 5.39 Å². The number of nitrogens with zero attached hydrogens (tertiary/aromatic N) is 2. The van der Waals surface area contributed by atoms with Crippen LogP contribution in [-0.4, -0.2) is 17.1 Å². The summed E-state index contributed by atoms with van der Waals surface area (Å²) in [6.07, 6.45) is 0. The third kappa shape index (κ3) is 2.02. The maximum atomic E-state index is 10.3. The van der Waals surface area contributed by atoms with Gasteiger partial charge in [0.2, 0.25) is 5.39 Å². The molecule has 1 N–H and O–H groups in total. The van der Waals surface area contributed by atoms with E-state index < -0.39 is 17.4 Å². The van der Waals surface area contributed by atoms with Gasteiger partial charge in [0.05, 0.1) is 5.41 Å². The molecule has 1 unspecified atom stereocenters. The molecule has 0 aliphatic rings. The Hall–Kier alpha value is -1.11. The van der Waals surface area contributed by atoms with Gasteiger partial charge in [-0.15, -0.1) is 0 Å². The zero-order chi connectivity index (χ0) is 8.36. The van der Waals surface area contributed by atoms with E-state index in [2.05, 4.69) is 4.98 Å². The predicted octanol–water partition coefficient (Wildman–Crippen LogP) is 1.34. The summed E-state index contributed by atoms with van der Waals surface area (Å²) >= 11 is 0. The number of carboxylic acids is 1. The van der Waals surface area contributed by atoms with Crippen molar-refractivity contribution in [2.24, 2.45) is 5.41 Å². The first-order valence-electron chi connectivity index (χ1n) is 2.96. The number of carboxylic acid groups (broad SMARTS) is 1. The van der Waals surface area contributed by atoms with Crippen molar-refractivity contribution in [1.82, 2.24) is 0 Å². The van der Waals surface area contributed by atoms with E-state index in [-0.39, 0.29) is 0 Å². The molecular weight excluding hydrogens is 132 g/mol. The van der Waals surface area contributed by atoms with Crippen LogP contribution in [0.4, 0.5) is 0 Å². The maximum absolute atomic E-state index is 10.3. The number of rotatable bonds is 1. The molecule has 0 rings (SSSR count). The Labute approximate surface area is 59.5 Å². The summed E-state index contributed by atoms with van der Waals surface area (Å²) in [6, 6.07) is -1.03. The summed E-state index contributed by atoms with van der Waals surface area (Å²) in [6.45, 7) is 5.10. The van der Waals surface area contributed by atoms with E-state index in [4.69, 9.17) is 10.5 Å². The maximum Gasteiger partial charge on any atom is 0.412 e. The van der Waals surface area contributed by atoms with Crippen molar-refractivity contribution in [2.45, 2.75) is 26.8 Å². The van der Waals surface area contributed by atoms with Crippen LogP contribution in [0, 0.1) is 10.8 Å². The molecule has 0 aromatic heterocycles. The van der Waals surface area contributed by atoms with E-state index >= 15 is 0 Å². The fraction of sp³-hybridized carbons (Fsp3) is 0.833. The van der Waals surface area contributed by atoms with Crippen LogP contribution >= 0.6 is 0 Å². The Kier molecular flexibility index (Phi) is 2.36. The SMILES string of the molecule is CC(C)(C)C([N+]#N)C(=O)O. The molecule has 0 amide bonds. The highest BCUT2D eigenvalue weighted by Crippen LogP contribution is 2.21. The lowest BCUT2D eigenvalue weighted by Gasteiger charge is -2.10. The van der Waals surface area contributed by atoms with Crippen molar-refractivity contribution in [3.63, 3.8) is 0 Å². The smallest absolute Gasteiger partial charge is 0.412 e. The molecule has 0 aromatic rings. The zero-order valence-corrected chi connectivity index (χ0v) is 6.33. The second-order valence-corrected chi connectivity index (χ2v) is 3.22. The van der Waals surface area contributed by atoms with Crippen molar-refractivity contribution in [3.05, 3.63) is 4.98 Å². The molecule has 56 valence electrons. The molecule has 10 heavy (non-hydrogen) atoms. The van der Waals surface area contributed by atoms with E-state index in [0.717, 1.165) is 0 Å². The summed E-state index contributed by atoms with van der Waals surface area (Å²) in [5.41, 5.74) is -0.527. The van der Waals surface area contributed by atoms with Gasteiger partial charge in [0, 0.05) is 0 Å². The molecule has 0 radical (unpaired) electrons. The van der Waals surface area contributed by atoms with Crippen LogP contribution in [0.25, 0.3) is 4.98 Å². The van der Waals surface area contributed by atoms with Crippen LogP contribution in [-0.2, 0) is 4.79 Å². The van der Waals surface area contributed by atoms with Gasteiger partial charge < -0.3 is 5.11 Å². The van der Waals surface area contributed by atoms with Gasteiger partial charge in [-0.3, -0.25) is 0 Å². The summed E-state index contributed by atoms with van der Waals surface area (Å²) in [5, 5.41) is 16.7. The van der Waals surface area contributed by atoms with Crippen LogP contribution in [0.3, 0.4) is 0 Å². The van der Waals surface area contributed by atoms with E-state index in [0.29, 0.717) is 0 Å². The van der Waals surface area contributed by atoms with Gasteiger partial charge in [0.15, 0.2) is 0 Å². The first-order valence-corrected chi connectivity index (χ1v) is 2.96. The molecule has 0 aliphatic carbocycles. The largest absolute Gasteiger partial charge is 0.475 e. The van der Waals surface area contributed by atoms with Crippen LogP contribution in [0.2, 0.25) is 0 Å². The molecule has 0 heterocycles. The van der Waals surface area contributed by atoms with E-state index in [1.807, 2.05) is 0 Å². The van der Waals surface area contributed by atoms with Crippen molar-refractivity contribution < 1.29 is 9.90 Å². The van der Waals surface area contributed by atoms with Gasteiger partial charge in [0.1, 0.15) is 4.98 Å². The van der Waals surface area contributed by atoms with Gasteiger partial charge >= 0.3 is 12.0 Å². The number of hydrogen-bond donors (Lipinski definition) is 1. The van der Waals surface area contributed by atoms with E-state index in [9.17, 15) is 4.79 Å². The van der Waals surface area contributed by atoms with E-state index in [1.54, 1.807) is 20.8 Å². The molecule has 0 fully saturated rings. The Bertz CT molecular complexity index is 175. The molecular formula is C6H11N2O2+. The Morgan fingerprint density at radius 1 is 1.60 bits per heavy atom. The van der Waals surface area contributed by atoms with Crippen LogP contribution in [0.15, 0.2) is 0 Å². The lowest BCUT2D eigenvalue weighted by atomic mass is 9.87. The minimum absolute atomic E-state index is 0.527. The van der Waals surface area contributed by atoms with Crippen LogP contribution < -0.4 is 0 Å².